The first-order valence-corrected chi connectivity index (χ1v) is 5.66. The molecule has 0 spiro atoms. The molecule has 1 unspecified atom stereocenters. The van der Waals surface area contributed by atoms with E-state index in [-0.39, 0.29) is 29.0 Å². The van der Waals surface area contributed by atoms with Crippen LogP contribution in [0.3, 0.4) is 0 Å². The van der Waals surface area contributed by atoms with Gasteiger partial charge in [-0.1, -0.05) is 20.8 Å². The summed E-state index contributed by atoms with van der Waals surface area (Å²) in [4.78, 5) is 22.8. The zero-order valence-corrected chi connectivity index (χ0v) is 10.5. The Hall–Kier alpha value is -1.91. The molecule has 0 saturated carbocycles. The molecule has 0 aliphatic carbocycles. The topological polar surface area (TPSA) is 66.4 Å². The van der Waals surface area contributed by atoms with Crippen molar-refractivity contribution < 1.29 is 19.1 Å². The van der Waals surface area contributed by atoms with E-state index < -0.39 is 11.8 Å². The monoisotopic (exact) mass is 253 g/mol. The standard InChI is InChI=1S/C13H16FNO3/c1-7(2)8(3)12(16)15-11-6-9(14)4-5-10(11)13(17)18/h4-8H,1-3H3,(H,15,16)(H,17,18). The molecular formula is C13H16FNO3. The zero-order valence-electron chi connectivity index (χ0n) is 10.5. The first-order valence-electron chi connectivity index (χ1n) is 5.66. The Morgan fingerprint density at radius 3 is 2.39 bits per heavy atom. The molecular weight excluding hydrogens is 237 g/mol. The average molecular weight is 253 g/mol. The van der Waals surface area contributed by atoms with Crippen molar-refractivity contribution in [3.63, 3.8) is 0 Å². The van der Waals surface area contributed by atoms with Gasteiger partial charge in [-0.05, 0) is 24.1 Å². The highest BCUT2D eigenvalue weighted by Crippen LogP contribution is 2.19. The summed E-state index contributed by atoms with van der Waals surface area (Å²) in [6, 6.07) is 3.19. The molecule has 0 heterocycles. The molecule has 0 aliphatic heterocycles. The van der Waals surface area contributed by atoms with Crippen LogP contribution in [0.2, 0.25) is 0 Å². The van der Waals surface area contributed by atoms with Gasteiger partial charge in [0.25, 0.3) is 0 Å². The Kier molecular flexibility index (Phi) is 4.42. The predicted molar refractivity (Wildman–Crippen MR) is 66.0 cm³/mol. The average Bonchev–Trinajstić information content (AvgIpc) is 2.27. The van der Waals surface area contributed by atoms with Crippen LogP contribution in [0.4, 0.5) is 10.1 Å². The number of hydrogen-bond acceptors (Lipinski definition) is 2. The van der Waals surface area contributed by atoms with Gasteiger partial charge in [0.15, 0.2) is 0 Å². The van der Waals surface area contributed by atoms with E-state index in [0.717, 1.165) is 18.2 Å². The van der Waals surface area contributed by atoms with Crippen molar-refractivity contribution in [1.29, 1.82) is 0 Å². The van der Waals surface area contributed by atoms with Gasteiger partial charge in [0.1, 0.15) is 5.82 Å². The number of amides is 1. The van der Waals surface area contributed by atoms with Gasteiger partial charge in [0.2, 0.25) is 5.91 Å². The second-order valence-electron chi connectivity index (χ2n) is 4.52. The quantitative estimate of drug-likeness (QED) is 0.867. The third kappa shape index (κ3) is 3.29. The third-order valence-corrected chi connectivity index (χ3v) is 2.88. The van der Waals surface area contributed by atoms with Crippen LogP contribution in [0.5, 0.6) is 0 Å². The molecule has 5 heteroatoms. The van der Waals surface area contributed by atoms with E-state index in [0.29, 0.717) is 0 Å². The van der Waals surface area contributed by atoms with Crippen LogP contribution in [-0.2, 0) is 4.79 Å². The number of carboxylic acid groups (broad SMARTS) is 1. The van der Waals surface area contributed by atoms with Crippen molar-refractivity contribution in [2.45, 2.75) is 20.8 Å². The number of carboxylic acids is 1. The van der Waals surface area contributed by atoms with E-state index in [1.807, 2.05) is 13.8 Å². The van der Waals surface area contributed by atoms with Crippen molar-refractivity contribution in [3.05, 3.63) is 29.6 Å². The van der Waals surface area contributed by atoms with Gasteiger partial charge in [0.05, 0.1) is 11.3 Å². The summed E-state index contributed by atoms with van der Waals surface area (Å²) >= 11 is 0. The molecule has 1 aromatic carbocycles. The summed E-state index contributed by atoms with van der Waals surface area (Å²) in [5, 5.41) is 11.4. The summed E-state index contributed by atoms with van der Waals surface area (Å²) in [6.45, 7) is 5.50. The highest BCUT2D eigenvalue weighted by molar-refractivity contribution is 6.01. The van der Waals surface area contributed by atoms with Crippen LogP contribution in [0, 0.1) is 17.7 Å². The highest BCUT2D eigenvalue weighted by Gasteiger charge is 2.19. The van der Waals surface area contributed by atoms with E-state index >= 15 is 0 Å². The smallest absolute Gasteiger partial charge is 0.337 e. The lowest BCUT2D eigenvalue weighted by Crippen LogP contribution is -2.25. The second-order valence-corrected chi connectivity index (χ2v) is 4.52. The Bertz CT molecular complexity index is 471. The van der Waals surface area contributed by atoms with Gasteiger partial charge in [-0.25, -0.2) is 9.18 Å². The largest absolute Gasteiger partial charge is 0.478 e. The molecule has 0 fully saturated rings. The molecule has 0 radical (unpaired) electrons. The minimum absolute atomic E-state index is 0.0139. The molecule has 1 aromatic rings. The van der Waals surface area contributed by atoms with Crippen LogP contribution in [0.1, 0.15) is 31.1 Å². The van der Waals surface area contributed by atoms with E-state index in [1.165, 1.54) is 0 Å². The van der Waals surface area contributed by atoms with Crippen LogP contribution >= 0.6 is 0 Å². The number of rotatable bonds is 4. The Balaban J connectivity index is 2.99. The molecule has 1 rings (SSSR count). The van der Waals surface area contributed by atoms with Gasteiger partial charge in [-0.15, -0.1) is 0 Å². The molecule has 98 valence electrons. The number of halogens is 1. The van der Waals surface area contributed by atoms with E-state index in [4.69, 9.17) is 5.11 Å². The van der Waals surface area contributed by atoms with Crippen molar-refractivity contribution >= 4 is 17.6 Å². The normalized spacial score (nSPS) is 12.3. The lowest BCUT2D eigenvalue weighted by atomic mass is 9.97. The molecule has 2 N–H and O–H groups in total. The summed E-state index contributed by atoms with van der Waals surface area (Å²) < 4.78 is 13.1. The van der Waals surface area contributed by atoms with Gasteiger partial charge in [-0.3, -0.25) is 4.79 Å². The van der Waals surface area contributed by atoms with E-state index in [2.05, 4.69) is 5.32 Å². The Labute approximate surface area is 105 Å². The number of hydrogen-bond donors (Lipinski definition) is 2. The van der Waals surface area contributed by atoms with Crippen molar-refractivity contribution in [2.75, 3.05) is 5.32 Å². The van der Waals surface area contributed by atoms with Gasteiger partial charge < -0.3 is 10.4 Å². The Morgan fingerprint density at radius 2 is 1.89 bits per heavy atom. The highest BCUT2D eigenvalue weighted by atomic mass is 19.1. The Morgan fingerprint density at radius 1 is 1.28 bits per heavy atom. The number of carbonyl (C=O) groups is 2. The fourth-order valence-corrected chi connectivity index (χ4v) is 1.36. The van der Waals surface area contributed by atoms with E-state index in [1.54, 1.807) is 6.92 Å². The lowest BCUT2D eigenvalue weighted by Gasteiger charge is -2.16. The molecule has 0 aliphatic rings. The summed E-state index contributed by atoms with van der Waals surface area (Å²) in [5.74, 6) is -2.28. The predicted octanol–water partition coefficient (Wildman–Crippen LogP) is 2.75. The minimum Gasteiger partial charge on any atom is -0.478 e. The molecule has 4 nitrogen and oxygen atoms in total. The first-order chi connectivity index (χ1) is 8.32. The fraction of sp³-hybridized carbons (Fsp3) is 0.385. The number of anilines is 1. The summed E-state index contributed by atoms with van der Waals surface area (Å²) in [7, 11) is 0. The maximum Gasteiger partial charge on any atom is 0.337 e. The fourth-order valence-electron chi connectivity index (χ4n) is 1.36. The number of carbonyl (C=O) groups excluding carboxylic acids is 1. The van der Waals surface area contributed by atoms with Crippen LogP contribution in [-0.4, -0.2) is 17.0 Å². The first kappa shape index (κ1) is 14.2. The van der Waals surface area contributed by atoms with Crippen molar-refractivity contribution in [2.24, 2.45) is 11.8 Å². The maximum atomic E-state index is 13.1. The summed E-state index contributed by atoms with van der Waals surface area (Å²) in [6.07, 6.45) is 0. The summed E-state index contributed by atoms with van der Waals surface area (Å²) in [5.41, 5.74) is -0.138. The van der Waals surface area contributed by atoms with Gasteiger partial charge in [0, 0.05) is 5.92 Å². The number of aromatic carboxylic acids is 1. The second kappa shape index (κ2) is 5.62. The molecule has 0 aromatic heterocycles. The number of benzene rings is 1. The van der Waals surface area contributed by atoms with Crippen molar-refractivity contribution in [1.82, 2.24) is 0 Å². The van der Waals surface area contributed by atoms with Crippen molar-refractivity contribution in [3.8, 4) is 0 Å². The van der Waals surface area contributed by atoms with Crippen LogP contribution in [0.15, 0.2) is 18.2 Å². The van der Waals surface area contributed by atoms with E-state index in [9.17, 15) is 14.0 Å². The maximum absolute atomic E-state index is 13.1. The van der Waals surface area contributed by atoms with Gasteiger partial charge >= 0.3 is 5.97 Å². The third-order valence-electron chi connectivity index (χ3n) is 2.88. The lowest BCUT2D eigenvalue weighted by molar-refractivity contribution is -0.120. The molecule has 1 amide bonds. The van der Waals surface area contributed by atoms with Crippen LogP contribution in [0.25, 0.3) is 0 Å². The van der Waals surface area contributed by atoms with Crippen LogP contribution < -0.4 is 5.32 Å². The zero-order chi connectivity index (χ0) is 13.9. The molecule has 0 saturated heterocycles. The molecule has 1 atom stereocenters. The van der Waals surface area contributed by atoms with Gasteiger partial charge in [-0.2, -0.15) is 0 Å². The minimum atomic E-state index is -1.21. The SMILES string of the molecule is CC(C)C(C)C(=O)Nc1cc(F)ccc1C(=O)O. The number of nitrogens with one attached hydrogen (secondary N) is 1. The molecule has 18 heavy (non-hydrogen) atoms. The molecule has 0 bridgehead atoms.